The van der Waals surface area contributed by atoms with Crippen LogP contribution in [0.15, 0.2) is 35.3 Å². The van der Waals surface area contributed by atoms with E-state index in [1.54, 1.807) is 4.90 Å². The number of nitrogens with zero attached hydrogens (tertiary/aromatic N) is 3. The monoisotopic (exact) mass is 426 g/mol. The Morgan fingerprint density at radius 2 is 2.13 bits per heavy atom. The number of benzene rings is 2. The molecule has 5 rings (SSSR count). The highest BCUT2D eigenvalue weighted by molar-refractivity contribution is 5.99. The number of carboxylic acid groups (broad SMARTS) is 1. The number of non-ortho nitro benzene ring substituents is 1. The minimum absolute atomic E-state index is 0.0412. The second kappa shape index (κ2) is 6.51. The van der Waals surface area contributed by atoms with Crippen molar-refractivity contribution >= 4 is 28.2 Å². The van der Waals surface area contributed by atoms with E-state index in [1.807, 2.05) is 0 Å². The van der Waals surface area contributed by atoms with E-state index in [9.17, 15) is 24.8 Å². The molecule has 1 atom stereocenters. The van der Waals surface area contributed by atoms with Crippen molar-refractivity contribution in [1.29, 1.82) is 0 Å². The minimum atomic E-state index is -1.49. The van der Waals surface area contributed by atoms with Gasteiger partial charge >= 0.3 is 5.97 Å². The molecule has 0 aliphatic carbocycles. The number of aromatic nitrogens is 1. The first kappa shape index (κ1) is 19.0. The van der Waals surface area contributed by atoms with Crippen molar-refractivity contribution in [1.82, 2.24) is 4.57 Å². The molecule has 10 nitrogen and oxygen atoms in total. The highest BCUT2D eigenvalue weighted by Gasteiger charge is 2.33. The van der Waals surface area contributed by atoms with Crippen LogP contribution in [-0.4, -0.2) is 39.7 Å². The maximum atomic E-state index is 15.2. The number of fused-ring (bicyclic) bond motifs is 2. The predicted octanol–water partition coefficient (Wildman–Crippen LogP) is 2.38. The average molecular weight is 426 g/mol. The van der Waals surface area contributed by atoms with Gasteiger partial charge in [0, 0.05) is 37.5 Å². The van der Waals surface area contributed by atoms with Crippen LogP contribution >= 0.6 is 0 Å². The Labute approximate surface area is 173 Å². The van der Waals surface area contributed by atoms with Crippen molar-refractivity contribution in [3.05, 3.63) is 62.2 Å². The molecule has 3 N–H and O–H groups in total. The van der Waals surface area contributed by atoms with Crippen molar-refractivity contribution in [2.75, 3.05) is 18.0 Å². The summed E-state index contributed by atoms with van der Waals surface area (Å²) < 4.78 is 22.5. The zero-order valence-corrected chi connectivity index (χ0v) is 15.9. The third-order valence-electron chi connectivity index (χ3n) is 5.57. The van der Waals surface area contributed by atoms with Crippen LogP contribution in [0.3, 0.4) is 0 Å². The predicted molar refractivity (Wildman–Crippen MR) is 108 cm³/mol. The zero-order valence-electron chi connectivity index (χ0n) is 15.9. The molecule has 0 bridgehead atoms. The van der Waals surface area contributed by atoms with Crippen LogP contribution in [0.2, 0.25) is 0 Å². The lowest BCUT2D eigenvalue weighted by Crippen LogP contribution is -2.28. The van der Waals surface area contributed by atoms with Crippen molar-refractivity contribution < 1.29 is 24.0 Å². The Morgan fingerprint density at radius 3 is 2.77 bits per heavy atom. The van der Waals surface area contributed by atoms with Crippen LogP contribution in [0.4, 0.5) is 15.8 Å². The van der Waals surface area contributed by atoms with E-state index in [1.165, 1.54) is 22.8 Å². The van der Waals surface area contributed by atoms with Crippen molar-refractivity contribution in [2.24, 2.45) is 5.73 Å². The summed E-state index contributed by atoms with van der Waals surface area (Å²) in [5, 5.41) is 20.5. The largest absolute Gasteiger partial charge is 0.477 e. The fourth-order valence-corrected chi connectivity index (χ4v) is 4.14. The van der Waals surface area contributed by atoms with Crippen LogP contribution in [-0.2, 0) is 0 Å². The smallest absolute Gasteiger partial charge is 0.341 e. The molecular formula is C20H15FN4O6. The molecular weight excluding hydrogens is 411 g/mol. The standard InChI is InChI=1S/C20H15FN4O6/c21-13-6-11-16-19(17(13)23-4-3-9(22)7-23)31-15-2-1-10(25(29)30)5-14(15)24(16)8-12(18(11)26)20(27)28/h1-2,5-6,8-9H,3-4,7,22H2,(H,27,28)/t9-/m0/s1. The first-order valence-corrected chi connectivity index (χ1v) is 9.38. The van der Waals surface area contributed by atoms with Crippen molar-refractivity contribution in [3.8, 4) is 17.2 Å². The normalized spacial score (nSPS) is 16.8. The molecule has 2 aliphatic rings. The summed E-state index contributed by atoms with van der Waals surface area (Å²) in [7, 11) is 0. The topological polar surface area (TPSA) is 141 Å². The van der Waals surface area contributed by atoms with Gasteiger partial charge in [0.25, 0.3) is 5.69 Å². The fraction of sp³-hybridized carbons (Fsp3) is 0.200. The summed E-state index contributed by atoms with van der Waals surface area (Å²) in [4.78, 5) is 36.8. The summed E-state index contributed by atoms with van der Waals surface area (Å²) in [5.41, 5.74) is 4.68. The highest BCUT2D eigenvalue weighted by atomic mass is 19.1. The number of aromatic carboxylic acids is 1. The van der Waals surface area contributed by atoms with Gasteiger partial charge in [-0.05, 0) is 18.6 Å². The van der Waals surface area contributed by atoms with E-state index in [4.69, 9.17) is 10.5 Å². The summed E-state index contributed by atoms with van der Waals surface area (Å²) in [6, 6.07) is 4.62. The lowest BCUT2D eigenvalue weighted by atomic mass is 10.1. The second-order valence-corrected chi connectivity index (χ2v) is 7.49. The van der Waals surface area contributed by atoms with E-state index in [2.05, 4.69) is 0 Å². The van der Waals surface area contributed by atoms with Gasteiger partial charge in [0.15, 0.2) is 17.3 Å². The van der Waals surface area contributed by atoms with Gasteiger partial charge in [0.05, 0.1) is 16.0 Å². The Bertz CT molecular complexity index is 1370. The molecule has 2 aliphatic heterocycles. The number of nitrogens with two attached hydrogens (primary N) is 1. The number of rotatable bonds is 3. The van der Waals surface area contributed by atoms with E-state index in [0.29, 0.717) is 19.5 Å². The lowest BCUT2D eigenvalue weighted by Gasteiger charge is -2.29. The second-order valence-electron chi connectivity index (χ2n) is 7.49. The van der Waals surface area contributed by atoms with E-state index in [0.717, 1.165) is 12.3 Å². The third-order valence-corrected chi connectivity index (χ3v) is 5.57. The van der Waals surface area contributed by atoms with Gasteiger partial charge in [-0.25, -0.2) is 9.18 Å². The summed E-state index contributed by atoms with van der Waals surface area (Å²) in [6.07, 6.45) is 1.73. The molecule has 3 aromatic rings. The number of pyridine rings is 1. The van der Waals surface area contributed by atoms with Gasteiger partial charge in [-0.3, -0.25) is 14.9 Å². The molecule has 158 valence electrons. The number of ether oxygens (including phenoxy) is 1. The number of nitro benzene ring substituents is 1. The first-order valence-electron chi connectivity index (χ1n) is 9.38. The maximum Gasteiger partial charge on any atom is 0.341 e. The molecule has 1 fully saturated rings. The van der Waals surface area contributed by atoms with Gasteiger partial charge < -0.3 is 25.0 Å². The molecule has 0 saturated carbocycles. The minimum Gasteiger partial charge on any atom is -0.477 e. The first-order chi connectivity index (χ1) is 14.8. The summed E-state index contributed by atoms with van der Waals surface area (Å²) in [6.45, 7) is 0.855. The molecule has 11 heteroatoms. The molecule has 1 saturated heterocycles. The molecule has 0 amide bonds. The van der Waals surface area contributed by atoms with Gasteiger partial charge in [0.2, 0.25) is 5.43 Å². The molecule has 2 aromatic carbocycles. The highest BCUT2D eigenvalue weighted by Crippen LogP contribution is 2.47. The van der Waals surface area contributed by atoms with Gasteiger partial charge in [-0.2, -0.15) is 0 Å². The number of hydrogen-bond donors (Lipinski definition) is 2. The van der Waals surface area contributed by atoms with E-state index < -0.39 is 27.7 Å². The molecule has 0 spiro atoms. The number of hydrogen-bond acceptors (Lipinski definition) is 7. The number of carboxylic acids is 1. The number of nitro groups is 1. The lowest BCUT2D eigenvalue weighted by molar-refractivity contribution is -0.384. The molecule has 3 heterocycles. The van der Waals surface area contributed by atoms with Crippen LogP contribution in [0, 0.1) is 15.9 Å². The van der Waals surface area contributed by atoms with Gasteiger partial charge in [-0.15, -0.1) is 0 Å². The number of halogens is 1. The Balaban J connectivity index is 1.90. The zero-order chi connectivity index (χ0) is 22.0. The molecule has 31 heavy (non-hydrogen) atoms. The SMILES string of the molecule is N[C@H]1CCN(c2c(F)cc3c(=O)c(C(=O)O)cn4c3c2Oc2ccc([N+](=O)[O-])cc2-4)C1. The van der Waals surface area contributed by atoms with Crippen LogP contribution in [0.5, 0.6) is 11.5 Å². The van der Waals surface area contributed by atoms with E-state index >= 15 is 4.39 Å². The molecule has 0 unspecified atom stereocenters. The summed E-state index contributed by atoms with van der Waals surface area (Å²) in [5.74, 6) is -2.03. The average Bonchev–Trinajstić information content (AvgIpc) is 3.14. The number of carbonyl (C=O) groups is 1. The molecule has 0 radical (unpaired) electrons. The number of anilines is 1. The molecule has 1 aromatic heterocycles. The van der Waals surface area contributed by atoms with Crippen LogP contribution in [0.1, 0.15) is 16.8 Å². The quantitative estimate of drug-likeness (QED) is 0.376. The van der Waals surface area contributed by atoms with Crippen LogP contribution in [0.25, 0.3) is 16.6 Å². The summed E-state index contributed by atoms with van der Waals surface area (Å²) >= 11 is 0. The van der Waals surface area contributed by atoms with Crippen molar-refractivity contribution in [2.45, 2.75) is 12.5 Å². The van der Waals surface area contributed by atoms with Crippen molar-refractivity contribution in [3.63, 3.8) is 0 Å². The Hall–Kier alpha value is -3.99. The fourth-order valence-electron chi connectivity index (χ4n) is 4.14. The maximum absolute atomic E-state index is 15.2. The third kappa shape index (κ3) is 2.74. The van der Waals surface area contributed by atoms with Gasteiger partial charge in [-0.1, -0.05) is 0 Å². The Kier molecular flexibility index (Phi) is 3.99. The van der Waals surface area contributed by atoms with E-state index in [-0.39, 0.29) is 45.5 Å². The Morgan fingerprint density at radius 1 is 1.35 bits per heavy atom. The van der Waals surface area contributed by atoms with Gasteiger partial charge in [0.1, 0.15) is 16.8 Å². The van der Waals surface area contributed by atoms with Crippen LogP contribution < -0.4 is 20.8 Å².